The fraction of sp³-hybridized carbons (Fsp3) is 0.125. The van der Waals surface area contributed by atoms with Gasteiger partial charge < -0.3 is 0 Å². The second-order valence-electron chi connectivity index (χ2n) is 5.36. The molecule has 0 aliphatic heterocycles. The molecule has 172 valence electrons. The van der Waals surface area contributed by atoms with Gasteiger partial charge in [-0.15, -0.1) is 0 Å². The van der Waals surface area contributed by atoms with Gasteiger partial charge >= 0.3 is 181 Å². The predicted octanol–water partition coefficient (Wildman–Crippen LogP) is 5.01. The van der Waals surface area contributed by atoms with Crippen LogP contribution in [0.3, 0.4) is 0 Å². The van der Waals surface area contributed by atoms with Crippen LogP contribution < -0.4 is 0 Å². The molecule has 0 aliphatic carbocycles. The van der Waals surface area contributed by atoms with E-state index < -0.39 is 57.2 Å². The third kappa shape index (κ3) is 6.56. The Morgan fingerprint density at radius 2 is 1.19 bits per heavy atom. The molecule has 2 rings (SSSR count). The van der Waals surface area contributed by atoms with Crippen LogP contribution in [-0.4, -0.2) is 27.9 Å². The maximum absolute atomic E-state index is 12.8. The van der Waals surface area contributed by atoms with Crippen LogP contribution >= 0.6 is 20.2 Å². The molecule has 0 radical (unpaired) electrons. The van der Waals surface area contributed by atoms with E-state index in [1.807, 2.05) is 0 Å². The van der Waals surface area contributed by atoms with E-state index in [4.69, 9.17) is 0 Å². The number of benzene rings is 2. The minimum absolute atomic E-state index is 0.0824. The Morgan fingerprint density at radius 3 is 1.65 bits per heavy atom. The summed E-state index contributed by atoms with van der Waals surface area (Å²) in [7, 11) is -12.4. The van der Waals surface area contributed by atoms with Crippen LogP contribution in [0.25, 0.3) is 5.76 Å². The van der Waals surface area contributed by atoms with Gasteiger partial charge in [0.1, 0.15) is 0 Å². The number of hydrogen-bond acceptors (Lipinski definition) is 6. The van der Waals surface area contributed by atoms with Gasteiger partial charge in [-0.25, -0.2) is 0 Å². The topological polar surface area (TPSA) is 86.7 Å². The molecule has 0 heterocycles. The van der Waals surface area contributed by atoms with Crippen molar-refractivity contribution in [2.24, 2.45) is 0 Å². The molecule has 0 unspecified atom stereocenters. The molecule has 31 heavy (non-hydrogen) atoms. The molecule has 0 N–H and O–H groups in total. The van der Waals surface area contributed by atoms with Gasteiger partial charge in [-0.2, -0.15) is 0 Å². The zero-order valence-electron chi connectivity index (χ0n) is 14.8. The molecule has 15 heteroatoms. The third-order valence-corrected chi connectivity index (χ3v) is 10.6. The molecule has 0 saturated heterocycles. The molecular formula is C16H11F6IO6S2. The molecule has 2 aromatic rings. The monoisotopic (exact) mass is 604 g/mol. The first-order valence-electron chi connectivity index (χ1n) is 7.67. The van der Waals surface area contributed by atoms with Crippen molar-refractivity contribution >= 4 is 46.2 Å². The first-order chi connectivity index (χ1) is 14.1. The summed E-state index contributed by atoms with van der Waals surface area (Å²) in [6.45, 7) is 0. The summed E-state index contributed by atoms with van der Waals surface area (Å²) in [6.07, 6.45) is 0. The number of rotatable bonds is 7. The first-order valence-corrected chi connectivity index (χ1v) is 13.7. The number of hydrogen-bond donors (Lipinski definition) is 0. The van der Waals surface area contributed by atoms with Crippen LogP contribution in [0.2, 0.25) is 0 Å². The first kappa shape index (κ1) is 25.4. The van der Waals surface area contributed by atoms with Crippen LogP contribution in [0.5, 0.6) is 0 Å². The van der Waals surface area contributed by atoms with Crippen LogP contribution in [0, 0.1) is 3.57 Å². The average Bonchev–Trinajstić information content (AvgIpc) is 2.66. The molecule has 0 aliphatic rings. The van der Waals surface area contributed by atoms with E-state index in [9.17, 15) is 43.2 Å². The van der Waals surface area contributed by atoms with Crippen LogP contribution in [0.4, 0.5) is 26.3 Å². The van der Waals surface area contributed by atoms with Crippen LogP contribution in [0.15, 0.2) is 64.7 Å². The van der Waals surface area contributed by atoms with Gasteiger partial charge in [0, 0.05) is 0 Å². The fourth-order valence-corrected chi connectivity index (χ4v) is 8.34. The minimum atomic E-state index is -6.22. The van der Waals surface area contributed by atoms with E-state index >= 15 is 0 Å². The SMILES string of the molecule is O=S(=O)(O/C(=C/I(OS(=O)(=O)C(F)(F)F)c1ccccc1)c1ccccc1)C(F)(F)F. The summed E-state index contributed by atoms with van der Waals surface area (Å²) in [4.78, 5) is 0. The fourth-order valence-electron chi connectivity index (χ4n) is 1.77. The van der Waals surface area contributed by atoms with Gasteiger partial charge in [-0.3, -0.25) is 0 Å². The Labute approximate surface area is 180 Å². The number of alkyl halides is 6. The van der Waals surface area contributed by atoms with Crippen molar-refractivity contribution in [1.29, 1.82) is 0 Å². The molecule has 0 atom stereocenters. The van der Waals surface area contributed by atoms with E-state index in [2.05, 4.69) is 6.70 Å². The summed E-state index contributed by atoms with van der Waals surface area (Å²) >= 11 is -4.14. The predicted molar refractivity (Wildman–Crippen MR) is 106 cm³/mol. The quantitative estimate of drug-likeness (QED) is 0.145. The van der Waals surface area contributed by atoms with E-state index in [1.54, 1.807) is 0 Å². The summed E-state index contributed by atoms with van der Waals surface area (Å²) in [5.41, 5.74) is -11.9. The van der Waals surface area contributed by atoms with Crippen molar-refractivity contribution in [1.82, 2.24) is 0 Å². The Bertz CT molecular complexity index is 1130. The van der Waals surface area contributed by atoms with E-state index in [-0.39, 0.29) is 9.13 Å². The van der Waals surface area contributed by atoms with Crippen molar-refractivity contribution in [3.05, 3.63) is 73.9 Å². The van der Waals surface area contributed by atoms with E-state index in [0.29, 0.717) is 4.08 Å². The van der Waals surface area contributed by atoms with Gasteiger partial charge in [0.05, 0.1) is 0 Å². The maximum atomic E-state index is 12.8. The summed E-state index contributed by atoms with van der Waals surface area (Å²) < 4.78 is 132. The molecule has 0 amide bonds. The van der Waals surface area contributed by atoms with Gasteiger partial charge in [-0.1, -0.05) is 0 Å². The van der Waals surface area contributed by atoms with E-state index in [1.165, 1.54) is 48.5 Å². The van der Waals surface area contributed by atoms with Crippen molar-refractivity contribution in [3.63, 3.8) is 0 Å². The van der Waals surface area contributed by atoms with Crippen molar-refractivity contribution < 1.29 is 49.9 Å². The average molecular weight is 604 g/mol. The van der Waals surface area contributed by atoms with Crippen LogP contribution in [-0.2, 0) is 26.9 Å². The van der Waals surface area contributed by atoms with Crippen molar-refractivity contribution in [2.45, 2.75) is 11.0 Å². The zero-order chi connectivity index (χ0) is 23.5. The van der Waals surface area contributed by atoms with Crippen LogP contribution in [0.1, 0.15) is 5.56 Å². The molecule has 6 nitrogen and oxygen atoms in total. The van der Waals surface area contributed by atoms with Crippen molar-refractivity contribution in [3.8, 4) is 0 Å². The van der Waals surface area contributed by atoms with E-state index in [0.717, 1.165) is 12.1 Å². The molecule has 2 aromatic carbocycles. The summed E-state index contributed by atoms with van der Waals surface area (Å²) in [6, 6.07) is 12.7. The number of halogens is 7. The third-order valence-electron chi connectivity index (χ3n) is 3.12. The van der Waals surface area contributed by atoms with Gasteiger partial charge in [0.25, 0.3) is 0 Å². The second kappa shape index (κ2) is 9.33. The van der Waals surface area contributed by atoms with Crippen molar-refractivity contribution in [2.75, 3.05) is 0 Å². The second-order valence-corrected chi connectivity index (χ2v) is 12.9. The van der Waals surface area contributed by atoms with Gasteiger partial charge in [0.15, 0.2) is 0 Å². The normalized spacial score (nSPS) is 14.3. The Morgan fingerprint density at radius 1 is 0.742 bits per heavy atom. The molecule has 0 spiro atoms. The molecule has 0 aromatic heterocycles. The Hall–Kier alpha value is -1.85. The zero-order valence-corrected chi connectivity index (χ0v) is 18.6. The van der Waals surface area contributed by atoms with Gasteiger partial charge in [0.2, 0.25) is 0 Å². The summed E-state index contributed by atoms with van der Waals surface area (Å²) in [5, 5.41) is 0. The molecule has 0 saturated carbocycles. The Kier molecular flexibility index (Phi) is 7.65. The molecule has 0 fully saturated rings. The Balaban J connectivity index is 2.65. The standard InChI is InChI=1S/C16H11F6IO6S2/c17-15(18,19)30(24,25)28-14(12-7-3-1-4-8-12)11-23(13-9-5-2-6-10-13)29-31(26,27)16(20,21)22/h1-11H/b14-11+. The summed E-state index contributed by atoms with van der Waals surface area (Å²) in [5.74, 6) is -1.02. The van der Waals surface area contributed by atoms with Gasteiger partial charge in [-0.05, 0) is 0 Å². The molecular weight excluding hydrogens is 593 g/mol. The molecule has 0 bridgehead atoms.